The standard InChI is InChI=1S/C25H21N5O3S/c1-16-14-17(10-12-20(16)26-4)29-22(31)25(2,3)30(24(29)34)18-11-13-21(27-15-18)28-23(32)33-19-8-6-5-7-9-19/h5-15H,1-3H3,(H,27,28,32). The van der Waals surface area contributed by atoms with Gasteiger partial charge in [-0.2, -0.15) is 0 Å². The molecule has 0 spiro atoms. The zero-order chi connectivity index (χ0) is 24.5. The molecule has 1 aliphatic rings. The van der Waals surface area contributed by atoms with Gasteiger partial charge in [0.2, 0.25) is 0 Å². The lowest BCUT2D eigenvalue weighted by atomic mass is 10.0. The molecule has 4 rings (SSSR count). The van der Waals surface area contributed by atoms with Crippen LogP contribution in [0.15, 0.2) is 66.9 Å². The van der Waals surface area contributed by atoms with Gasteiger partial charge >= 0.3 is 6.09 Å². The molecule has 0 saturated carbocycles. The summed E-state index contributed by atoms with van der Waals surface area (Å²) in [4.78, 5) is 36.4. The van der Waals surface area contributed by atoms with E-state index in [2.05, 4.69) is 15.1 Å². The first-order chi connectivity index (χ1) is 16.2. The van der Waals surface area contributed by atoms with Crippen molar-refractivity contribution in [2.24, 2.45) is 0 Å². The number of aryl methyl sites for hydroxylation is 1. The van der Waals surface area contributed by atoms with Gasteiger partial charge in [0.05, 0.1) is 18.5 Å². The summed E-state index contributed by atoms with van der Waals surface area (Å²) in [5.41, 5.74) is 1.52. The molecule has 1 aliphatic heterocycles. The fraction of sp³-hybridized carbons (Fsp3) is 0.160. The van der Waals surface area contributed by atoms with Crippen LogP contribution >= 0.6 is 12.2 Å². The zero-order valence-electron chi connectivity index (χ0n) is 18.8. The number of nitrogens with zero attached hydrogens (tertiary/aromatic N) is 4. The van der Waals surface area contributed by atoms with Gasteiger partial charge in [0.15, 0.2) is 10.8 Å². The number of para-hydroxylation sites is 1. The number of aromatic nitrogens is 1. The van der Waals surface area contributed by atoms with Crippen molar-refractivity contribution in [3.05, 3.63) is 83.8 Å². The van der Waals surface area contributed by atoms with E-state index in [0.717, 1.165) is 5.56 Å². The van der Waals surface area contributed by atoms with Crippen LogP contribution in [0.2, 0.25) is 0 Å². The van der Waals surface area contributed by atoms with Crippen LogP contribution in [0.25, 0.3) is 4.85 Å². The monoisotopic (exact) mass is 471 g/mol. The fourth-order valence-corrected chi connectivity index (χ4v) is 4.20. The minimum Gasteiger partial charge on any atom is -0.410 e. The van der Waals surface area contributed by atoms with Crippen molar-refractivity contribution in [1.82, 2.24) is 4.98 Å². The van der Waals surface area contributed by atoms with Crippen molar-refractivity contribution in [2.45, 2.75) is 26.3 Å². The summed E-state index contributed by atoms with van der Waals surface area (Å²) in [6.45, 7) is 12.6. The van der Waals surface area contributed by atoms with Crippen molar-refractivity contribution in [3.63, 3.8) is 0 Å². The normalized spacial score (nSPS) is 14.6. The number of hydrogen-bond donors (Lipinski definition) is 1. The summed E-state index contributed by atoms with van der Waals surface area (Å²) in [7, 11) is 0. The Balaban J connectivity index is 1.54. The van der Waals surface area contributed by atoms with Gasteiger partial charge in [-0.25, -0.2) is 14.6 Å². The molecular weight excluding hydrogens is 450 g/mol. The summed E-state index contributed by atoms with van der Waals surface area (Å²) < 4.78 is 5.21. The van der Waals surface area contributed by atoms with E-state index in [4.69, 9.17) is 23.5 Å². The molecule has 2 aromatic carbocycles. The van der Waals surface area contributed by atoms with Crippen molar-refractivity contribution in [2.75, 3.05) is 15.1 Å². The number of benzene rings is 2. The third-order valence-corrected chi connectivity index (χ3v) is 5.78. The number of ether oxygens (including phenoxy) is 1. The van der Waals surface area contributed by atoms with E-state index < -0.39 is 11.6 Å². The molecular formula is C25H21N5O3S. The highest BCUT2D eigenvalue weighted by Crippen LogP contribution is 2.37. The number of nitrogens with one attached hydrogen (secondary N) is 1. The van der Waals surface area contributed by atoms with Gasteiger partial charge in [-0.1, -0.05) is 24.3 Å². The molecule has 0 aliphatic carbocycles. The first-order valence-corrected chi connectivity index (χ1v) is 10.8. The quantitative estimate of drug-likeness (QED) is 0.402. The smallest absolute Gasteiger partial charge is 0.410 e. The Morgan fingerprint density at radius 2 is 1.82 bits per heavy atom. The molecule has 170 valence electrons. The Morgan fingerprint density at radius 1 is 1.12 bits per heavy atom. The van der Waals surface area contributed by atoms with Crippen LogP contribution in [0.3, 0.4) is 0 Å². The molecule has 0 unspecified atom stereocenters. The maximum absolute atomic E-state index is 13.3. The van der Waals surface area contributed by atoms with Gasteiger partial charge in [0, 0.05) is 5.69 Å². The van der Waals surface area contributed by atoms with Gasteiger partial charge in [0.25, 0.3) is 5.91 Å². The largest absolute Gasteiger partial charge is 0.418 e. The van der Waals surface area contributed by atoms with E-state index in [9.17, 15) is 9.59 Å². The molecule has 1 aromatic heterocycles. The van der Waals surface area contributed by atoms with Crippen molar-refractivity contribution in [3.8, 4) is 5.75 Å². The lowest BCUT2D eigenvalue weighted by molar-refractivity contribution is -0.120. The van der Waals surface area contributed by atoms with Crippen LogP contribution in [0.5, 0.6) is 5.75 Å². The Bertz CT molecular complexity index is 1320. The van der Waals surface area contributed by atoms with Crippen LogP contribution in [-0.4, -0.2) is 27.6 Å². The molecule has 0 atom stereocenters. The molecule has 2 heterocycles. The molecule has 0 radical (unpaired) electrons. The van der Waals surface area contributed by atoms with Gasteiger partial charge in [-0.15, -0.1) is 0 Å². The number of carbonyl (C=O) groups excluding carboxylic acids is 2. The highest BCUT2D eigenvalue weighted by Gasteiger charge is 2.50. The topological polar surface area (TPSA) is 79.1 Å². The lowest BCUT2D eigenvalue weighted by Crippen LogP contribution is -2.44. The van der Waals surface area contributed by atoms with E-state index >= 15 is 0 Å². The minimum absolute atomic E-state index is 0.193. The predicted octanol–water partition coefficient (Wildman–Crippen LogP) is 5.47. The summed E-state index contributed by atoms with van der Waals surface area (Å²) in [6.07, 6.45) is 0.874. The second-order valence-corrected chi connectivity index (χ2v) is 8.49. The Labute approximate surface area is 202 Å². The Kier molecular flexibility index (Phi) is 6.01. The summed E-state index contributed by atoms with van der Waals surface area (Å²) in [5.74, 6) is 0.515. The van der Waals surface area contributed by atoms with E-state index in [-0.39, 0.29) is 5.91 Å². The fourth-order valence-electron chi connectivity index (χ4n) is 3.68. The van der Waals surface area contributed by atoms with Gasteiger partial charge in [-0.05, 0) is 75.0 Å². The average Bonchev–Trinajstić information content (AvgIpc) is 2.98. The van der Waals surface area contributed by atoms with Crippen LogP contribution in [0.4, 0.5) is 27.7 Å². The Hall–Kier alpha value is -4.29. The predicted molar refractivity (Wildman–Crippen MR) is 134 cm³/mol. The molecule has 1 saturated heterocycles. The number of anilines is 3. The number of hydrogen-bond acceptors (Lipinski definition) is 5. The molecule has 1 N–H and O–H groups in total. The maximum atomic E-state index is 13.3. The first kappa shape index (κ1) is 22.9. The van der Waals surface area contributed by atoms with E-state index in [1.54, 1.807) is 73.3 Å². The summed E-state index contributed by atoms with van der Waals surface area (Å²) >= 11 is 5.69. The van der Waals surface area contributed by atoms with Crippen LogP contribution < -0.4 is 19.9 Å². The Morgan fingerprint density at radius 3 is 2.44 bits per heavy atom. The summed E-state index contributed by atoms with van der Waals surface area (Å²) in [5, 5.41) is 2.88. The SMILES string of the molecule is [C-]#[N+]c1ccc(N2C(=O)C(C)(C)N(c3ccc(NC(=O)Oc4ccccc4)nc3)C2=S)cc1C. The number of thiocarbonyl (C=S) groups is 1. The highest BCUT2D eigenvalue weighted by atomic mass is 32.1. The average molecular weight is 472 g/mol. The first-order valence-electron chi connectivity index (χ1n) is 10.4. The van der Waals surface area contributed by atoms with Crippen LogP contribution in [0, 0.1) is 13.5 Å². The van der Waals surface area contributed by atoms with Crippen LogP contribution in [-0.2, 0) is 4.79 Å². The van der Waals surface area contributed by atoms with E-state index in [1.165, 1.54) is 11.1 Å². The van der Waals surface area contributed by atoms with Crippen molar-refractivity contribution < 1.29 is 14.3 Å². The molecule has 1 fully saturated rings. The van der Waals surface area contributed by atoms with Gasteiger partial charge < -0.3 is 9.64 Å². The third-order valence-electron chi connectivity index (χ3n) is 5.42. The molecule has 0 bridgehead atoms. The van der Waals surface area contributed by atoms with E-state index in [1.807, 2.05) is 13.0 Å². The molecule has 8 nitrogen and oxygen atoms in total. The second-order valence-electron chi connectivity index (χ2n) is 8.13. The lowest BCUT2D eigenvalue weighted by Gasteiger charge is -2.29. The van der Waals surface area contributed by atoms with Gasteiger partial charge in [0.1, 0.15) is 17.1 Å². The number of pyridine rings is 1. The zero-order valence-corrected chi connectivity index (χ0v) is 19.6. The third kappa shape index (κ3) is 4.19. The minimum atomic E-state index is -0.966. The van der Waals surface area contributed by atoms with Crippen molar-refractivity contribution in [1.29, 1.82) is 0 Å². The number of carbonyl (C=O) groups is 2. The highest BCUT2D eigenvalue weighted by molar-refractivity contribution is 7.81. The number of amides is 2. The molecule has 9 heteroatoms. The van der Waals surface area contributed by atoms with Gasteiger partial charge in [-0.3, -0.25) is 15.0 Å². The molecule has 3 aromatic rings. The van der Waals surface area contributed by atoms with Crippen LogP contribution in [0.1, 0.15) is 19.4 Å². The summed E-state index contributed by atoms with van der Waals surface area (Å²) in [6, 6.07) is 17.2. The number of rotatable bonds is 4. The van der Waals surface area contributed by atoms with E-state index in [0.29, 0.717) is 33.7 Å². The molecule has 34 heavy (non-hydrogen) atoms. The maximum Gasteiger partial charge on any atom is 0.418 e. The molecule has 2 amide bonds. The second kappa shape index (κ2) is 8.92. The van der Waals surface area contributed by atoms with Crippen molar-refractivity contribution >= 4 is 52.2 Å².